The molecule has 4 heteroatoms. The van der Waals surface area contributed by atoms with Gasteiger partial charge in [0.05, 0.1) is 6.04 Å². The third kappa shape index (κ3) is 5.07. The number of hydrogen-bond donors (Lipinski definition) is 1. The van der Waals surface area contributed by atoms with E-state index >= 15 is 0 Å². The van der Waals surface area contributed by atoms with Crippen molar-refractivity contribution in [1.29, 1.82) is 0 Å². The zero-order chi connectivity index (χ0) is 12.7. The molecule has 0 fully saturated rings. The van der Waals surface area contributed by atoms with E-state index in [1.165, 1.54) is 0 Å². The van der Waals surface area contributed by atoms with Crippen LogP contribution in [0.25, 0.3) is 0 Å². The lowest BCUT2D eigenvalue weighted by molar-refractivity contribution is -0.133. The number of amides is 1. The molecule has 1 atom stereocenters. The zero-order valence-corrected chi connectivity index (χ0v) is 12.0. The van der Waals surface area contributed by atoms with Gasteiger partial charge >= 0.3 is 0 Å². The van der Waals surface area contributed by atoms with Crippen LogP contribution < -0.4 is 5.73 Å². The van der Waals surface area contributed by atoms with E-state index in [1.807, 2.05) is 49.1 Å². The predicted molar refractivity (Wildman–Crippen MR) is 77.7 cm³/mol. The summed E-state index contributed by atoms with van der Waals surface area (Å²) in [6, 6.07) is 9.65. The van der Waals surface area contributed by atoms with Crippen molar-refractivity contribution in [3.63, 3.8) is 0 Å². The molecular weight excluding hydrogens is 248 g/mol. The summed E-state index contributed by atoms with van der Waals surface area (Å²) in [5.41, 5.74) is 7.01. The summed E-state index contributed by atoms with van der Waals surface area (Å²) in [5.74, 6) is 0.0539. The van der Waals surface area contributed by atoms with Crippen LogP contribution in [0.4, 0.5) is 0 Å². The van der Waals surface area contributed by atoms with Crippen molar-refractivity contribution in [3.05, 3.63) is 35.9 Å². The van der Waals surface area contributed by atoms with Crippen molar-refractivity contribution in [3.8, 4) is 0 Å². The zero-order valence-electron chi connectivity index (χ0n) is 11.1. The minimum absolute atomic E-state index is 0. The second kappa shape index (κ2) is 8.95. The Morgan fingerprint density at radius 2 is 1.89 bits per heavy atom. The molecule has 0 radical (unpaired) electrons. The maximum Gasteiger partial charge on any atom is 0.239 e. The number of likely N-dealkylation sites (N-methyl/N-ethyl adjacent to an activating group) is 1. The Morgan fingerprint density at radius 3 is 2.39 bits per heavy atom. The Morgan fingerprint density at radius 1 is 1.28 bits per heavy atom. The van der Waals surface area contributed by atoms with Crippen LogP contribution in [0.5, 0.6) is 0 Å². The second-order valence-corrected chi connectivity index (χ2v) is 4.23. The molecule has 1 rings (SSSR count). The second-order valence-electron chi connectivity index (χ2n) is 4.23. The van der Waals surface area contributed by atoms with E-state index in [4.69, 9.17) is 5.73 Å². The van der Waals surface area contributed by atoms with E-state index in [0.29, 0.717) is 13.1 Å². The number of nitrogens with two attached hydrogens (primary N) is 1. The van der Waals surface area contributed by atoms with E-state index in [0.717, 1.165) is 18.4 Å². The average Bonchev–Trinajstić information content (AvgIpc) is 2.36. The summed E-state index contributed by atoms with van der Waals surface area (Å²) in [4.78, 5) is 13.9. The van der Waals surface area contributed by atoms with Gasteiger partial charge in [-0.2, -0.15) is 0 Å². The number of hydrogen-bond acceptors (Lipinski definition) is 2. The maximum absolute atomic E-state index is 12.1. The first-order valence-electron chi connectivity index (χ1n) is 6.27. The molecule has 2 N–H and O–H groups in total. The number of benzene rings is 1. The van der Waals surface area contributed by atoms with E-state index < -0.39 is 0 Å². The topological polar surface area (TPSA) is 46.3 Å². The van der Waals surface area contributed by atoms with Gasteiger partial charge in [0.15, 0.2) is 0 Å². The summed E-state index contributed by atoms with van der Waals surface area (Å²) in [7, 11) is 0. The van der Waals surface area contributed by atoms with Crippen molar-refractivity contribution in [2.75, 3.05) is 6.54 Å². The SMILES string of the molecule is CCCC(N)C(=O)N(CC)Cc1ccccc1.Cl. The van der Waals surface area contributed by atoms with Gasteiger partial charge in [0, 0.05) is 13.1 Å². The van der Waals surface area contributed by atoms with Gasteiger partial charge in [-0.3, -0.25) is 4.79 Å². The molecule has 1 aromatic carbocycles. The Balaban J connectivity index is 0.00000289. The third-order valence-electron chi connectivity index (χ3n) is 2.83. The summed E-state index contributed by atoms with van der Waals surface area (Å²) < 4.78 is 0. The Hall–Kier alpha value is -1.06. The molecule has 0 aliphatic carbocycles. The molecule has 0 heterocycles. The van der Waals surface area contributed by atoms with Crippen molar-refractivity contribution < 1.29 is 4.79 Å². The molecule has 18 heavy (non-hydrogen) atoms. The number of rotatable bonds is 6. The highest BCUT2D eigenvalue weighted by Crippen LogP contribution is 2.07. The first-order chi connectivity index (χ1) is 8.19. The molecule has 1 unspecified atom stereocenters. The highest BCUT2D eigenvalue weighted by Gasteiger charge is 2.18. The fourth-order valence-corrected chi connectivity index (χ4v) is 1.82. The largest absolute Gasteiger partial charge is 0.337 e. The van der Waals surface area contributed by atoms with Gasteiger partial charge in [0.25, 0.3) is 0 Å². The summed E-state index contributed by atoms with van der Waals surface area (Å²) in [6.45, 7) is 5.37. The van der Waals surface area contributed by atoms with Crippen LogP contribution in [-0.4, -0.2) is 23.4 Å². The lowest BCUT2D eigenvalue weighted by Gasteiger charge is -2.24. The van der Waals surface area contributed by atoms with Crippen molar-refractivity contribution in [2.24, 2.45) is 5.73 Å². The van der Waals surface area contributed by atoms with Gasteiger partial charge < -0.3 is 10.6 Å². The molecule has 3 nitrogen and oxygen atoms in total. The van der Waals surface area contributed by atoms with Crippen LogP contribution >= 0.6 is 12.4 Å². The number of carbonyl (C=O) groups is 1. The predicted octanol–water partition coefficient (Wildman–Crippen LogP) is 2.58. The van der Waals surface area contributed by atoms with Crippen LogP contribution in [0, 0.1) is 0 Å². The minimum atomic E-state index is -0.358. The quantitative estimate of drug-likeness (QED) is 0.864. The van der Waals surface area contributed by atoms with E-state index in [-0.39, 0.29) is 24.4 Å². The van der Waals surface area contributed by atoms with E-state index in [2.05, 4.69) is 0 Å². The molecule has 0 saturated heterocycles. The Kier molecular flexibility index (Phi) is 8.42. The lowest BCUT2D eigenvalue weighted by Crippen LogP contribution is -2.43. The molecule has 1 amide bonds. The molecule has 0 bridgehead atoms. The number of halogens is 1. The highest BCUT2D eigenvalue weighted by atomic mass is 35.5. The molecule has 102 valence electrons. The van der Waals surface area contributed by atoms with E-state index in [1.54, 1.807) is 0 Å². The minimum Gasteiger partial charge on any atom is -0.337 e. The Bertz CT molecular complexity index is 343. The number of carbonyl (C=O) groups excluding carboxylic acids is 1. The van der Waals surface area contributed by atoms with Gasteiger partial charge in [0.2, 0.25) is 5.91 Å². The van der Waals surface area contributed by atoms with Gasteiger partial charge in [-0.1, -0.05) is 43.7 Å². The maximum atomic E-state index is 12.1. The molecule has 0 saturated carbocycles. The molecule has 0 spiro atoms. The fraction of sp³-hybridized carbons (Fsp3) is 0.500. The van der Waals surface area contributed by atoms with Crippen molar-refractivity contribution >= 4 is 18.3 Å². The fourth-order valence-electron chi connectivity index (χ4n) is 1.82. The average molecular weight is 271 g/mol. The van der Waals surface area contributed by atoms with Gasteiger partial charge in [-0.25, -0.2) is 0 Å². The monoisotopic (exact) mass is 270 g/mol. The van der Waals surface area contributed by atoms with Crippen LogP contribution in [0.15, 0.2) is 30.3 Å². The first-order valence-corrected chi connectivity index (χ1v) is 6.27. The first kappa shape index (κ1) is 16.9. The highest BCUT2D eigenvalue weighted by molar-refractivity contribution is 5.85. The third-order valence-corrected chi connectivity index (χ3v) is 2.83. The number of nitrogens with zero attached hydrogens (tertiary/aromatic N) is 1. The van der Waals surface area contributed by atoms with E-state index in [9.17, 15) is 4.79 Å². The Labute approximate surface area is 116 Å². The van der Waals surface area contributed by atoms with Crippen LogP contribution in [0.1, 0.15) is 32.3 Å². The summed E-state index contributed by atoms with van der Waals surface area (Å²) in [5, 5.41) is 0. The molecule has 0 aliphatic rings. The van der Waals surface area contributed by atoms with Crippen LogP contribution in [0.2, 0.25) is 0 Å². The molecule has 0 aliphatic heterocycles. The smallest absolute Gasteiger partial charge is 0.239 e. The summed E-state index contributed by atoms with van der Waals surface area (Å²) >= 11 is 0. The molecule has 1 aromatic rings. The van der Waals surface area contributed by atoms with Gasteiger partial charge in [0.1, 0.15) is 0 Å². The lowest BCUT2D eigenvalue weighted by atomic mass is 10.1. The van der Waals surface area contributed by atoms with Gasteiger partial charge in [-0.15, -0.1) is 12.4 Å². The van der Waals surface area contributed by atoms with Crippen LogP contribution in [0.3, 0.4) is 0 Å². The van der Waals surface area contributed by atoms with Crippen molar-refractivity contribution in [2.45, 2.75) is 39.3 Å². The van der Waals surface area contributed by atoms with Crippen molar-refractivity contribution in [1.82, 2.24) is 4.90 Å². The van der Waals surface area contributed by atoms with Gasteiger partial charge in [-0.05, 0) is 18.9 Å². The standard InChI is InChI=1S/C14H22N2O.ClH/c1-3-8-13(15)14(17)16(4-2)11-12-9-6-5-7-10-12;/h5-7,9-10,13H,3-4,8,11,15H2,1-2H3;1H. The summed E-state index contributed by atoms with van der Waals surface area (Å²) in [6.07, 6.45) is 1.69. The molecular formula is C14H23ClN2O. The molecule has 0 aromatic heterocycles. The normalized spacial score (nSPS) is 11.5. The van der Waals surface area contributed by atoms with Crippen LogP contribution in [-0.2, 0) is 11.3 Å².